The molecule has 98 valence electrons. The van der Waals surface area contributed by atoms with Crippen LogP contribution in [0, 0.1) is 0 Å². The van der Waals surface area contributed by atoms with Gasteiger partial charge in [-0.2, -0.15) is 0 Å². The minimum Gasteiger partial charge on any atom is -0.465 e. The fraction of sp³-hybridized carbons (Fsp3) is 0.818. The van der Waals surface area contributed by atoms with E-state index >= 15 is 0 Å². The molecule has 17 heavy (non-hydrogen) atoms. The number of amides is 1. The maximum atomic E-state index is 11.8. The third-order valence-electron chi connectivity index (χ3n) is 2.71. The van der Waals surface area contributed by atoms with Crippen molar-refractivity contribution in [3.05, 3.63) is 0 Å². The van der Waals surface area contributed by atoms with Crippen LogP contribution in [0.4, 0.5) is 4.79 Å². The molecule has 1 saturated heterocycles. The molecule has 1 aliphatic rings. The number of methoxy groups -OCH3 is 1. The van der Waals surface area contributed by atoms with Crippen LogP contribution in [0.25, 0.3) is 0 Å². The Morgan fingerprint density at radius 1 is 1.29 bits per heavy atom. The summed E-state index contributed by atoms with van der Waals surface area (Å²) in [6.07, 6.45) is 0.587. The van der Waals surface area contributed by atoms with Gasteiger partial charge >= 0.3 is 12.1 Å². The van der Waals surface area contributed by atoms with Gasteiger partial charge in [0, 0.05) is 19.6 Å². The molecule has 1 amide bonds. The van der Waals surface area contributed by atoms with Gasteiger partial charge in [0.2, 0.25) is 5.72 Å². The van der Waals surface area contributed by atoms with Gasteiger partial charge in [0.25, 0.3) is 0 Å². The molecule has 0 bridgehead atoms. The van der Waals surface area contributed by atoms with Gasteiger partial charge in [-0.15, -0.1) is 0 Å². The van der Waals surface area contributed by atoms with Gasteiger partial charge in [-0.3, -0.25) is 4.90 Å². The maximum absolute atomic E-state index is 11.8. The Labute approximate surface area is 101 Å². The van der Waals surface area contributed by atoms with Crippen LogP contribution in [-0.2, 0) is 19.0 Å². The predicted octanol–water partition coefficient (Wildman–Crippen LogP) is 1.14. The molecular weight excluding hydrogens is 226 g/mol. The topological polar surface area (TPSA) is 65.1 Å². The number of rotatable bonds is 4. The molecule has 0 aromatic rings. The van der Waals surface area contributed by atoms with Crippen molar-refractivity contribution in [2.45, 2.75) is 32.4 Å². The van der Waals surface area contributed by atoms with E-state index in [-0.39, 0.29) is 6.61 Å². The standard InChI is InChI=1S/C11H19NO5/c1-4-16-10(14)12-8-6-7-11(12,17-5-2)9(13)15-3/h4-8H2,1-3H3/t11-/m1/s1. The summed E-state index contributed by atoms with van der Waals surface area (Å²) < 4.78 is 15.1. The van der Waals surface area contributed by atoms with Crippen molar-refractivity contribution >= 4 is 12.1 Å². The van der Waals surface area contributed by atoms with Gasteiger partial charge in [0.1, 0.15) is 0 Å². The van der Waals surface area contributed by atoms with E-state index in [0.717, 1.165) is 0 Å². The zero-order valence-electron chi connectivity index (χ0n) is 10.5. The normalized spacial score (nSPS) is 23.6. The summed E-state index contributed by atoms with van der Waals surface area (Å²) in [6.45, 7) is 4.51. The average molecular weight is 245 g/mol. The first kappa shape index (κ1) is 13.8. The van der Waals surface area contributed by atoms with Crippen molar-refractivity contribution in [3.8, 4) is 0 Å². The summed E-state index contributed by atoms with van der Waals surface area (Å²) in [4.78, 5) is 24.9. The highest BCUT2D eigenvalue weighted by Crippen LogP contribution is 2.32. The first-order valence-electron chi connectivity index (χ1n) is 5.79. The third kappa shape index (κ3) is 2.52. The van der Waals surface area contributed by atoms with Gasteiger partial charge in [-0.1, -0.05) is 0 Å². The van der Waals surface area contributed by atoms with E-state index in [0.29, 0.717) is 26.0 Å². The summed E-state index contributed by atoms with van der Waals surface area (Å²) in [5, 5.41) is 0. The van der Waals surface area contributed by atoms with Crippen LogP contribution in [0.1, 0.15) is 26.7 Å². The Balaban J connectivity index is 2.93. The number of carbonyl (C=O) groups excluding carboxylic acids is 2. The summed E-state index contributed by atoms with van der Waals surface area (Å²) in [5.74, 6) is -0.551. The van der Waals surface area contributed by atoms with Crippen LogP contribution in [-0.4, -0.2) is 49.6 Å². The fourth-order valence-corrected chi connectivity index (χ4v) is 2.05. The van der Waals surface area contributed by atoms with Crippen molar-refractivity contribution in [2.75, 3.05) is 26.9 Å². The SMILES string of the molecule is CCOC(=O)N1CCC[C@@]1(OCC)C(=O)OC. The lowest BCUT2D eigenvalue weighted by atomic mass is 10.1. The van der Waals surface area contributed by atoms with Crippen LogP contribution in [0.15, 0.2) is 0 Å². The lowest BCUT2D eigenvalue weighted by Crippen LogP contribution is -2.55. The van der Waals surface area contributed by atoms with Crippen molar-refractivity contribution in [1.29, 1.82) is 0 Å². The van der Waals surface area contributed by atoms with Crippen LogP contribution in [0.3, 0.4) is 0 Å². The molecule has 0 spiro atoms. The van der Waals surface area contributed by atoms with E-state index in [2.05, 4.69) is 0 Å². The maximum Gasteiger partial charge on any atom is 0.412 e. The molecule has 0 aromatic carbocycles. The molecule has 0 N–H and O–H groups in total. The highest BCUT2D eigenvalue weighted by atomic mass is 16.6. The van der Waals surface area contributed by atoms with Gasteiger partial charge in [0.15, 0.2) is 0 Å². The number of hydrogen-bond donors (Lipinski definition) is 0. The van der Waals surface area contributed by atoms with E-state index < -0.39 is 17.8 Å². The predicted molar refractivity (Wildman–Crippen MR) is 59.3 cm³/mol. The molecule has 1 heterocycles. The second-order valence-corrected chi connectivity index (χ2v) is 3.66. The van der Waals surface area contributed by atoms with Gasteiger partial charge in [-0.05, 0) is 20.3 Å². The van der Waals surface area contributed by atoms with Crippen molar-refractivity contribution < 1.29 is 23.8 Å². The van der Waals surface area contributed by atoms with Crippen LogP contribution in [0.5, 0.6) is 0 Å². The Kier molecular flexibility index (Phi) is 4.74. The molecule has 1 atom stereocenters. The molecule has 0 aliphatic carbocycles. The molecule has 6 nitrogen and oxygen atoms in total. The van der Waals surface area contributed by atoms with E-state index in [4.69, 9.17) is 14.2 Å². The van der Waals surface area contributed by atoms with Crippen LogP contribution in [0.2, 0.25) is 0 Å². The first-order valence-corrected chi connectivity index (χ1v) is 5.79. The van der Waals surface area contributed by atoms with E-state index in [9.17, 15) is 9.59 Å². The van der Waals surface area contributed by atoms with Crippen LogP contribution >= 0.6 is 0 Å². The lowest BCUT2D eigenvalue weighted by molar-refractivity contribution is -0.188. The lowest BCUT2D eigenvalue weighted by Gasteiger charge is -2.34. The highest BCUT2D eigenvalue weighted by Gasteiger charge is 2.52. The number of hydrogen-bond acceptors (Lipinski definition) is 5. The van der Waals surface area contributed by atoms with Gasteiger partial charge in [-0.25, -0.2) is 9.59 Å². The molecule has 0 radical (unpaired) electrons. The minimum absolute atomic E-state index is 0.263. The third-order valence-corrected chi connectivity index (χ3v) is 2.71. The quantitative estimate of drug-likeness (QED) is 0.695. The minimum atomic E-state index is -1.31. The van der Waals surface area contributed by atoms with Crippen molar-refractivity contribution in [2.24, 2.45) is 0 Å². The smallest absolute Gasteiger partial charge is 0.412 e. The number of ether oxygens (including phenoxy) is 3. The fourth-order valence-electron chi connectivity index (χ4n) is 2.05. The monoisotopic (exact) mass is 245 g/mol. The van der Waals surface area contributed by atoms with Gasteiger partial charge < -0.3 is 14.2 Å². The van der Waals surface area contributed by atoms with E-state index in [1.54, 1.807) is 13.8 Å². The number of carbonyl (C=O) groups is 2. The summed E-state index contributed by atoms with van der Waals surface area (Å²) in [6, 6.07) is 0. The molecule has 1 rings (SSSR count). The summed E-state index contributed by atoms with van der Waals surface area (Å²) >= 11 is 0. The number of esters is 1. The van der Waals surface area contributed by atoms with Crippen molar-refractivity contribution in [1.82, 2.24) is 4.90 Å². The average Bonchev–Trinajstić information content (AvgIpc) is 2.74. The first-order chi connectivity index (χ1) is 8.12. The van der Waals surface area contributed by atoms with E-state index in [1.807, 2.05) is 0 Å². The highest BCUT2D eigenvalue weighted by molar-refractivity contribution is 5.84. The van der Waals surface area contributed by atoms with Gasteiger partial charge in [0.05, 0.1) is 13.7 Å². The molecule has 0 aromatic heterocycles. The second-order valence-electron chi connectivity index (χ2n) is 3.66. The molecule has 1 aliphatic heterocycles. The molecular formula is C11H19NO5. The zero-order chi connectivity index (χ0) is 12.9. The number of likely N-dealkylation sites (tertiary alicyclic amines) is 1. The molecule has 6 heteroatoms. The Bertz CT molecular complexity index is 294. The van der Waals surface area contributed by atoms with Crippen molar-refractivity contribution in [3.63, 3.8) is 0 Å². The zero-order valence-corrected chi connectivity index (χ0v) is 10.5. The Morgan fingerprint density at radius 3 is 2.53 bits per heavy atom. The largest absolute Gasteiger partial charge is 0.465 e. The number of nitrogens with zero attached hydrogens (tertiary/aromatic N) is 1. The van der Waals surface area contributed by atoms with Crippen LogP contribution < -0.4 is 0 Å². The van der Waals surface area contributed by atoms with E-state index in [1.165, 1.54) is 12.0 Å². The second kappa shape index (κ2) is 5.86. The Morgan fingerprint density at radius 2 is 2.00 bits per heavy atom. The summed E-state index contributed by atoms with van der Waals surface area (Å²) in [5.41, 5.74) is -1.31. The molecule has 0 saturated carbocycles. The summed E-state index contributed by atoms with van der Waals surface area (Å²) in [7, 11) is 1.28. The molecule has 1 fully saturated rings. The molecule has 0 unspecified atom stereocenters. The Hall–Kier alpha value is -1.30.